The molecule has 1 amide bonds. The Labute approximate surface area is 151 Å². The lowest BCUT2D eigenvalue weighted by Crippen LogP contribution is -2.49. The van der Waals surface area contributed by atoms with Gasteiger partial charge in [0.05, 0.1) is 12.0 Å². The van der Waals surface area contributed by atoms with E-state index in [1.165, 1.54) is 5.56 Å². The van der Waals surface area contributed by atoms with E-state index >= 15 is 0 Å². The van der Waals surface area contributed by atoms with Crippen molar-refractivity contribution in [3.63, 3.8) is 0 Å². The SMILES string of the molecule is Cc1ccc(C2OCCCC2C(=O)NC2CCNC(C)C2)cc1.Cl. The molecule has 2 aliphatic rings. The molecule has 4 atom stereocenters. The molecule has 134 valence electrons. The zero-order valence-electron chi connectivity index (χ0n) is 14.6. The van der Waals surface area contributed by atoms with E-state index in [0.29, 0.717) is 12.1 Å². The Morgan fingerprint density at radius 1 is 1.25 bits per heavy atom. The Bertz CT molecular complexity index is 535. The molecule has 2 aliphatic heterocycles. The van der Waals surface area contributed by atoms with Gasteiger partial charge in [0, 0.05) is 18.7 Å². The summed E-state index contributed by atoms with van der Waals surface area (Å²) < 4.78 is 5.97. The van der Waals surface area contributed by atoms with Gasteiger partial charge >= 0.3 is 0 Å². The first-order valence-corrected chi connectivity index (χ1v) is 8.85. The summed E-state index contributed by atoms with van der Waals surface area (Å²) in [5, 5.41) is 6.70. The number of hydrogen-bond donors (Lipinski definition) is 2. The second-order valence-electron chi connectivity index (χ2n) is 7.04. The summed E-state index contributed by atoms with van der Waals surface area (Å²) >= 11 is 0. The highest BCUT2D eigenvalue weighted by Crippen LogP contribution is 2.34. The van der Waals surface area contributed by atoms with Crippen molar-refractivity contribution >= 4 is 18.3 Å². The van der Waals surface area contributed by atoms with Crippen LogP contribution in [0.5, 0.6) is 0 Å². The van der Waals surface area contributed by atoms with Crippen molar-refractivity contribution in [2.45, 2.75) is 57.7 Å². The van der Waals surface area contributed by atoms with E-state index in [2.05, 4.69) is 48.7 Å². The molecule has 0 aliphatic carbocycles. The van der Waals surface area contributed by atoms with Gasteiger partial charge < -0.3 is 15.4 Å². The molecular weight excluding hydrogens is 324 g/mol. The number of carbonyl (C=O) groups is 1. The number of ether oxygens (including phenoxy) is 1. The highest BCUT2D eigenvalue weighted by atomic mass is 35.5. The first kappa shape index (κ1) is 19.2. The molecule has 0 bridgehead atoms. The first-order valence-electron chi connectivity index (χ1n) is 8.85. The van der Waals surface area contributed by atoms with Crippen LogP contribution >= 0.6 is 12.4 Å². The first-order chi connectivity index (χ1) is 11.1. The molecule has 0 aromatic heterocycles. The van der Waals surface area contributed by atoms with Crippen molar-refractivity contribution in [2.24, 2.45) is 5.92 Å². The van der Waals surface area contributed by atoms with E-state index in [1.54, 1.807) is 0 Å². The minimum Gasteiger partial charge on any atom is -0.373 e. The molecule has 2 fully saturated rings. The zero-order chi connectivity index (χ0) is 16.2. The number of halogens is 1. The normalized spacial score (nSPS) is 30.2. The summed E-state index contributed by atoms with van der Waals surface area (Å²) in [5.41, 5.74) is 2.35. The quantitative estimate of drug-likeness (QED) is 0.878. The third-order valence-electron chi connectivity index (χ3n) is 5.04. The lowest BCUT2D eigenvalue weighted by Gasteiger charge is -2.34. The molecule has 4 unspecified atom stereocenters. The van der Waals surface area contributed by atoms with Gasteiger partial charge in [0.15, 0.2) is 0 Å². The molecule has 4 nitrogen and oxygen atoms in total. The van der Waals surface area contributed by atoms with Gasteiger partial charge in [-0.05, 0) is 51.6 Å². The number of aryl methyl sites for hydroxylation is 1. The predicted molar refractivity (Wildman–Crippen MR) is 98.5 cm³/mol. The van der Waals surface area contributed by atoms with Gasteiger partial charge in [-0.25, -0.2) is 0 Å². The second kappa shape index (κ2) is 8.84. The van der Waals surface area contributed by atoms with Crippen LogP contribution in [-0.4, -0.2) is 31.1 Å². The minimum absolute atomic E-state index is 0. The Morgan fingerprint density at radius 3 is 2.71 bits per heavy atom. The van der Waals surface area contributed by atoms with Crippen LogP contribution < -0.4 is 10.6 Å². The van der Waals surface area contributed by atoms with E-state index in [4.69, 9.17) is 4.74 Å². The Kier molecular flexibility index (Phi) is 7.08. The predicted octanol–water partition coefficient (Wildman–Crippen LogP) is 3.14. The smallest absolute Gasteiger partial charge is 0.226 e. The van der Waals surface area contributed by atoms with Gasteiger partial charge in [0.25, 0.3) is 0 Å². The molecule has 5 heteroatoms. The van der Waals surface area contributed by atoms with E-state index in [0.717, 1.165) is 44.4 Å². The number of benzene rings is 1. The van der Waals surface area contributed by atoms with Crippen LogP contribution in [0.3, 0.4) is 0 Å². The van der Waals surface area contributed by atoms with Crippen molar-refractivity contribution < 1.29 is 9.53 Å². The maximum absolute atomic E-state index is 12.8. The van der Waals surface area contributed by atoms with Gasteiger partial charge in [0.1, 0.15) is 0 Å². The number of amides is 1. The lowest BCUT2D eigenvalue weighted by atomic mass is 9.87. The highest BCUT2D eigenvalue weighted by Gasteiger charge is 2.34. The van der Waals surface area contributed by atoms with Crippen LogP contribution in [0, 0.1) is 12.8 Å². The van der Waals surface area contributed by atoms with E-state index < -0.39 is 0 Å². The maximum atomic E-state index is 12.8. The monoisotopic (exact) mass is 352 g/mol. The Balaban J connectivity index is 0.00000208. The third-order valence-corrected chi connectivity index (χ3v) is 5.04. The van der Waals surface area contributed by atoms with Gasteiger partial charge in [-0.2, -0.15) is 0 Å². The van der Waals surface area contributed by atoms with Crippen molar-refractivity contribution in [1.29, 1.82) is 0 Å². The standard InChI is InChI=1S/C19H28N2O2.ClH/c1-13-5-7-15(8-6-13)18-17(4-3-11-23-18)19(22)21-16-9-10-20-14(2)12-16;/h5-8,14,16-18,20H,3-4,9-12H2,1-2H3,(H,21,22);1H. The van der Waals surface area contributed by atoms with Crippen molar-refractivity contribution in [1.82, 2.24) is 10.6 Å². The van der Waals surface area contributed by atoms with Crippen molar-refractivity contribution in [3.8, 4) is 0 Å². The summed E-state index contributed by atoms with van der Waals surface area (Å²) in [6.07, 6.45) is 3.78. The molecule has 3 rings (SSSR count). The van der Waals surface area contributed by atoms with Crippen LogP contribution in [-0.2, 0) is 9.53 Å². The van der Waals surface area contributed by atoms with Crippen molar-refractivity contribution in [3.05, 3.63) is 35.4 Å². The minimum atomic E-state index is -0.108. The average molecular weight is 353 g/mol. The molecular formula is C19H29ClN2O2. The molecule has 0 saturated carbocycles. The topological polar surface area (TPSA) is 50.4 Å². The van der Waals surface area contributed by atoms with Crippen LogP contribution in [0.15, 0.2) is 24.3 Å². The number of nitrogens with one attached hydrogen (secondary N) is 2. The number of carbonyl (C=O) groups excluding carboxylic acids is 1. The van der Waals surface area contributed by atoms with Crippen LogP contribution in [0.2, 0.25) is 0 Å². The molecule has 2 heterocycles. The summed E-state index contributed by atoms with van der Waals surface area (Å²) in [7, 11) is 0. The maximum Gasteiger partial charge on any atom is 0.226 e. The molecule has 2 saturated heterocycles. The fourth-order valence-electron chi connectivity index (χ4n) is 3.71. The van der Waals surface area contributed by atoms with Crippen LogP contribution in [0.1, 0.15) is 49.8 Å². The molecule has 1 aromatic rings. The van der Waals surface area contributed by atoms with Crippen molar-refractivity contribution in [2.75, 3.05) is 13.2 Å². The van der Waals surface area contributed by atoms with Crippen LogP contribution in [0.4, 0.5) is 0 Å². The van der Waals surface area contributed by atoms with E-state index in [9.17, 15) is 4.79 Å². The summed E-state index contributed by atoms with van der Waals surface area (Å²) in [6, 6.07) is 9.15. The van der Waals surface area contributed by atoms with Gasteiger partial charge in [-0.15, -0.1) is 12.4 Å². The van der Waals surface area contributed by atoms with E-state index in [1.807, 2.05) is 0 Å². The summed E-state index contributed by atoms with van der Waals surface area (Å²) in [6.45, 7) is 5.98. The summed E-state index contributed by atoms with van der Waals surface area (Å²) in [4.78, 5) is 12.8. The van der Waals surface area contributed by atoms with Gasteiger partial charge in [-0.1, -0.05) is 29.8 Å². The fraction of sp³-hybridized carbons (Fsp3) is 0.632. The van der Waals surface area contributed by atoms with Crippen LogP contribution in [0.25, 0.3) is 0 Å². The Hall–Kier alpha value is -1.10. The molecule has 24 heavy (non-hydrogen) atoms. The van der Waals surface area contributed by atoms with Gasteiger partial charge in [0.2, 0.25) is 5.91 Å². The van der Waals surface area contributed by atoms with E-state index in [-0.39, 0.29) is 30.3 Å². The third kappa shape index (κ3) is 4.71. The number of hydrogen-bond acceptors (Lipinski definition) is 3. The lowest BCUT2D eigenvalue weighted by molar-refractivity contribution is -0.135. The number of piperidine rings is 1. The molecule has 1 aromatic carbocycles. The fourth-order valence-corrected chi connectivity index (χ4v) is 3.71. The summed E-state index contributed by atoms with van der Waals surface area (Å²) in [5.74, 6) is 0.0889. The number of rotatable bonds is 3. The average Bonchev–Trinajstić information content (AvgIpc) is 2.55. The van der Waals surface area contributed by atoms with Gasteiger partial charge in [-0.3, -0.25) is 4.79 Å². The zero-order valence-corrected chi connectivity index (χ0v) is 15.4. The molecule has 2 N–H and O–H groups in total. The highest BCUT2D eigenvalue weighted by molar-refractivity contribution is 5.85. The molecule has 0 radical (unpaired) electrons. The Morgan fingerprint density at radius 2 is 2.00 bits per heavy atom. The second-order valence-corrected chi connectivity index (χ2v) is 7.04. The molecule has 0 spiro atoms. The largest absolute Gasteiger partial charge is 0.373 e.